The first kappa shape index (κ1) is 18.4. The van der Waals surface area contributed by atoms with Crippen LogP contribution in [0.25, 0.3) is 0 Å². The summed E-state index contributed by atoms with van der Waals surface area (Å²) in [5.74, 6) is 0. The smallest absolute Gasteiger partial charge is 0.343 e. The van der Waals surface area contributed by atoms with E-state index in [2.05, 4.69) is 15.4 Å². The quantitative estimate of drug-likeness (QED) is 0.821. The summed E-state index contributed by atoms with van der Waals surface area (Å²) in [5, 5.41) is 11.1. The van der Waals surface area contributed by atoms with E-state index < -0.39 is 24.7 Å². The molecule has 2 unspecified atom stereocenters. The molecule has 0 saturated carbocycles. The monoisotopic (exact) mass is 395 g/mol. The number of nitrogens with zero attached hydrogens (tertiary/aromatic N) is 2. The zero-order chi connectivity index (χ0) is 18.1. The van der Waals surface area contributed by atoms with Gasteiger partial charge in [0, 0.05) is 28.5 Å². The fourth-order valence-electron chi connectivity index (χ4n) is 2.91. The maximum atomic E-state index is 12.4. The van der Waals surface area contributed by atoms with Crippen LogP contribution in [-0.4, -0.2) is 34.5 Å². The topological polar surface area (TPSA) is 60.0 Å². The predicted octanol–water partition coefficient (Wildman–Crippen LogP) is 4.26. The lowest BCUT2D eigenvalue weighted by atomic mass is 9.86. The normalized spacial score (nSPS) is 24.0. The Morgan fingerprint density at radius 1 is 1.36 bits per heavy atom. The lowest BCUT2D eigenvalue weighted by molar-refractivity contribution is -0.237. The highest BCUT2D eigenvalue weighted by atomic mass is 35.5. The van der Waals surface area contributed by atoms with Crippen molar-refractivity contribution in [2.45, 2.75) is 37.3 Å². The van der Waals surface area contributed by atoms with E-state index in [1.807, 2.05) is 0 Å². The molecule has 0 radical (unpaired) electrons. The maximum Gasteiger partial charge on any atom is 0.411 e. The van der Waals surface area contributed by atoms with Gasteiger partial charge in [0.25, 0.3) is 0 Å². The van der Waals surface area contributed by atoms with E-state index in [1.165, 1.54) is 6.20 Å². The molecular weight excluding hydrogens is 382 g/mol. The molecule has 1 fully saturated rings. The molecule has 1 aromatic heterocycles. The molecule has 0 aliphatic carbocycles. The van der Waals surface area contributed by atoms with Crippen LogP contribution in [0.15, 0.2) is 24.4 Å². The zero-order valence-electron chi connectivity index (χ0n) is 12.8. The first-order valence-electron chi connectivity index (χ1n) is 7.44. The molecule has 2 atom stereocenters. The average Bonchev–Trinajstić information content (AvgIpc) is 3.15. The summed E-state index contributed by atoms with van der Waals surface area (Å²) in [5.41, 5.74) is 0.261. The summed E-state index contributed by atoms with van der Waals surface area (Å²) in [6, 6.07) is 4.92. The predicted molar refractivity (Wildman–Crippen MR) is 84.3 cm³/mol. The largest absolute Gasteiger partial charge is 0.411 e. The van der Waals surface area contributed by atoms with Gasteiger partial charge in [-0.15, -0.1) is 0 Å². The Bertz CT molecular complexity index is 727. The number of rotatable bonds is 5. The molecule has 0 bridgehead atoms. The van der Waals surface area contributed by atoms with Crippen molar-refractivity contribution in [1.82, 2.24) is 15.4 Å². The van der Waals surface area contributed by atoms with Crippen LogP contribution in [0.2, 0.25) is 10.0 Å². The fourth-order valence-corrected chi connectivity index (χ4v) is 3.49. The van der Waals surface area contributed by atoms with Crippen molar-refractivity contribution in [3.63, 3.8) is 0 Å². The highest BCUT2D eigenvalue weighted by Gasteiger charge is 2.45. The SMILES string of the molecule is FC(F)(F)COC1CCC(Cc2cn[nH]n2)(c2ccc(Cl)cc2Cl)O1. The van der Waals surface area contributed by atoms with Gasteiger partial charge >= 0.3 is 6.18 Å². The number of halogens is 5. The third-order valence-corrected chi connectivity index (χ3v) is 4.48. The number of aromatic amines is 1. The van der Waals surface area contributed by atoms with Crippen LogP contribution in [0.4, 0.5) is 13.2 Å². The van der Waals surface area contributed by atoms with E-state index in [4.69, 9.17) is 32.7 Å². The number of aromatic nitrogens is 3. The van der Waals surface area contributed by atoms with Gasteiger partial charge in [-0.05, 0) is 18.6 Å². The van der Waals surface area contributed by atoms with Gasteiger partial charge in [-0.25, -0.2) is 0 Å². The molecular formula is C15H14Cl2F3N3O2. The van der Waals surface area contributed by atoms with Gasteiger partial charge in [0.15, 0.2) is 6.29 Å². The second kappa shape index (κ2) is 7.11. The number of hydrogen-bond donors (Lipinski definition) is 1. The van der Waals surface area contributed by atoms with Gasteiger partial charge in [-0.3, -0.25) is 0 Å². The summed E-state index contributed by atoms with van der Waals surface area (Å²) in [6.45, 7) is -1.37. The minimum atomic E-state index is -4.42. The van der Waals surface area contributed by atoms with Crippen molar-refractivity contribution in [3.8, 4) is 0 Å². The molecule has 136 valence electrons. The van der Waals surface area contributed by atoms with Crippen LogP contribution < -0.4 is 0 Å². The van der Waals surface area contributed by atoms with E-state index in [0.717, 1.165) is 0 Å². The molecule has 1 aromatic carbocycles. The lowest BCUT2D eigenvalue weighted by Gasteiger charge is -2.30. The van der Waals surface area contributed by atoms with Gasteiger partial charge in [0.1, 0.15) is 12.2 Å². The molecule has 0 amide bonds. The van der Waals surface area contributed by atoms with Crippen LogP contribution in [0.1, 0.15) is 24.1 Å². The van der Waals surface area contributed by atoms with E-state index in [0.29, 0.717) is 34.1 Å². The molecule has 1 aliphatic rings. The summed E-state index contributed by atoms with van der Waals surface area (Å²) in [4.78, 5) is 0. The maximum absolute atomic E-state index is 12.4. The molecule has 2 aromatic rings. The van der Waals surface area contributed by atoms with Crippen molar-refractivity contribution in [2.24, 2.45) is 0 Å². The van der Waals surface area contributed by atoms with Crippen molar-refractivity contribution in [3.05, 3.63) is 45.7 Å². The fraction of sp³-hybridized carbons (Fsp3) is 0.467. The number of benzene rings is 1. The van der Waals surface area contributed by atoms with Gasteiger partial charge < -0.3 is 9.47 Å². The molecule has 0 spiro atoms. The summed E-state index contributed by atoms with van der Waals surface area (Å²) < 4.78 is 48.0. The van der Waals surface area contributed by atoms with Gasteiger partial charge in [-0.2, -0.15) is 28.6 Å². The Balaban J connectivity index is 1.86. The molecule has 1 saturated heterocycles. The first-order chi connectivity index (χ1) is 11.8. The van der Waals surface area contributed by atoms with E-state index in [9.17, 15) is 13.2 Å². The summed E-state index contributed by atoms with van der Waals surface area (Å²) in [6.07, 6.45) is -2.87. The minimum absolute atomic E-state index is 0.288. The number of ether oxygens (including phenoxy) is 2. The number of H-pyrrole nitrogens is 1. The Labute approximate surface area is 151 Å². The third-order valence-electron chi connectivity index (χ3n) is 3.93. The highest BCUT2D eigenvalue weighted by molar-refractivity contribution is 6.35. The second-order valence-electron chi connectivity index (χ2n) is 5.77. The van der Waals surface area contributed by atoms with Crippen LogP contribution in [-0.2, 0) is 21.5 Å². The molecule has 3 rings (SSSR count). The van der Waals surface area contributed by atoms with Crippen molar-refractivity contribution < 1.29 is 22.6 Å². The van der Waals surface area contributed by atoms with Gasteiger partial charge in [0.2, 0.25) is 0 Å². The molecule has 2 heterocycles. The summed E-state index contributed by atoms with van der Waals surface area (Å²) in [7, 11) is 0. The Kier molecular flexibility index (Phi) is 5.24. The second-order valence-corrected chi connectivity index (χ2v) is 6.61. The Morgan fingerprint density at radius 3 is 2.80 bits per heavy atom. The molecule has 10 heteroatoms. The molecule has 5 nitrogen and oxygen atoms in total. The highest BCUT2D eigenvalue weighted by Crippen LogP contribution is 2.45. The van der Waals surface area contributed by atoms with Crippen LogP contribution in [0.5, 0.6) is 0 Å². The number of hydrogen-bond acceptors (Lipinski definition) is 4. The van der Waals surface area contributed by atoms with Crippen molar-refractivity contribution in [1.29, 1.82) is 0 Å². The standard InChI is InChI=1S/C15H14Cl2F3N3O2/c16-9-1-2-11(12(17)5-9)14(6-10-7-21-23-22-10)4-3-13(25-14)24-8-15(18,19)20/h1-2,5,7,13H,3-4,6,8H2,(H,21,22,23). The first-order valence-corrected chi connectivity index (χ1v) is 8.19. The minimum Gasteiger partial charge on any atom is -0.343 e. The zero-order valence-corrected chi connectivity index (χ0v) is 14.3. The summed E-state index contributed by atoms with van der Waals surface area (Å²) >= 11 is 12.2. The van der Waals surface area contributed by atoms with Crippen LogP contribution in [0.3, 0.4) is 0 Å². The average molecular weight is 396 g/mol. The molecule has 25 heavy (non-hydrogen) atoms. The van der Waals surface area contributed by atoms with Crippen LogP contribution >= 0.6 is 23.2 Å². The van der Waals surface area contributed by atoms with Gasteiger partial charge in [0.05, 0.1) is 11.9 Å². The van der Waals surface area contributed by atoms with Crippen molar-refractivity contribution >= 4 is 23.2 Å². The Morgan fingerprint density at radius 2 is 2.16 bits per heavy atom. The van der Waals surface area contributed by atoms with E-state index in [1.54, 1.807) is 18.2 Å². The van der Waals surface area contributed by atoms with Crippen LogP contribution in [0, 0.1) is 0 Å². The van der Waals surface area contributed by atoms with Crippen molar-refractivity contribution in [2.75, 3.05) is 6.61 Å². The molecule has 1 aliphatic heterocycles. The molecule has 1 N–H and O–H groups in total. The Hall–Kier alpha value is -1.35. The van der Waals surface area contributed by atoms with E-state index >= 15 is 0 Å². The number of alkyl halides is 3. The van der Waals surface area contributed by atoms with Gasteiger partial charge in [-0.1, -0.05) is 29.3 Å². The lowest BCUT2D eigenvalue weighted by Crippen LogP contribution is -2.31. The third kappa shape index (κ3) is 4.44. The number of nitrogens with one attached hydrogen (secondary N) is 1. The van der Waals surface area contributed by atoms with E-state index in [-0.39, 0.29) is 6.42 Å².